The van der Waals surface area contributed by atoms with Crippen LogP contribution in [0.2, 0.25) is 0 Å². The highest BCUT2D eigenvalue weighted by atomic mass is 16.3. The monoisotopic (exact) mass is 487 g/mol. The maximum absolute atomic E-state index is 12.0. The van der Waals surface area contributed by atoms with Crippen LogP contribution in [0, 0.1) is 0 Å². The fourth-order valence-corrected chi connectivity index (χ4v) is 4.28. The second kappa shape index (κ2) is 10.9. The van der Waals surface area contributed by atoms with Crippen LogP contribution in [0.15, 0.2) is 115 Å². The van der Waals surface area contributed by atoms with Crippen molar-refractivity contribution in [2.45, 2.75) is 19.6 Å². The third kappa shape index (κ3) is 5.77. The van der Waals surface area contributed by atoms with Gasteiger partial charge >= 0.3 is 0 Å². The topological polar surface area (TPSA) is 83.4 Å². The molecule has 0 bridgehead atoms. The molecule has 6 heteroatoms. The highest BCUT2D eigenvalue weighted by Crippen LogP contribution is 2.23. The van der Waals surface area contributed by atoms with E-state index in [4.69, 9.17) is 9.97 Å². The Hall–Kier alpha value is -4.68. The Labute approximate surface area is 215 Å². The summed E-state index contributed by atoms with van der Waals surface area (Å²) in [7, 11) is 0. The highest BCUT2D eigenvalue weighted by molar-refractivity contribution is 6.49. The number of benzene rings is 2. The first-order valence-electron chi connectivity index (χ1n) is 12.0. The van der Waals surface area contributed by atoms with E-state index in [0.29, 0.717) is 25.3 Å². The first-order valence-corrected chi connectivity index (χ1v) is 12.0. The number of aromatic nitrogens is 2. The molecule has 5 rings (SSSR count). The van der Waals surface area contributed by atoms with Crippen molar-refractivity contribution in [2.75, 3.05) is 0 Å². The van der Waals surface area contributed by atoms with Gasteiger partial charge < -0.3 is 5.11 Å². The van der Waals surface area contributed by atoms with Crippen molar-refractivity contribution >= 4 is 17.1 Å². The van der Waals surface area contributed by atoms with E-state index < -0.39 is 17.3 Å². The van der Waals surface area contributed by atoms with Gasteiger partial charge in [-0.15, -0.1) is 0 Å². The first kappa shape index (κ1) is 24.0. The van der Waals surface area contributed by atoms with Crippen LogP contribution in [0.1, 0.15) is 22.6 Å². The highest BCUT2D eigenvalue weighted by Gasteiger charge is 2.25. The number of ketones is 2. The SMILES string of the molecule is O=C1C=CC(c2cccc(CN(Cc3ccccc3)Cc3cccc(-c4ccccc4)n3)n2)=C(O)C1=O. The molecule has 0 saturated carbocycles. The molecule has 0 unspecified atom stereocenters. The standard InChI is InChI=1S/C31H25N3O3/c35-29-18-17-26(30(36)31(29)37)28-16-8-14-25(33-28)21-34(19-22-9-3-1-4-10-22)20-24-13-7-15-27(32-24)23-11-5-2-6-12-23/h1-18,36H,19-21H2. The predicted octanol–water partition coefficient (Wildman–Crippen LogP) is 5.32. The summed E-state index contributed by atoms with van der Waals surface area (Å²) in [6, 6.07) is 31.8. The van der Waals surface area contributed by atoms with E-state index in [1.165, 1.54) is 12.2 Å². The molecule has 1 aliphatic carbocycles. The van der Waals surface area contributed by atoms with E-state index in [1.807, 2.05) is 78.9 Å². The van der Waals surface area contributed by atoms with Gasteiger partial charge in [-0.1, -0.05) is 72.8 Å². The van der Waals surface area contributed by atoms with Gasteiger partial charge in [-0.25, -0.2) is 0 Å². The van der Waals surface area contributed by atoms with Crippen LogP contribution in [-0.2, 0) is 29.2 Å². The number of carbonyl (C=O) groups excluding carboxylic acids is 2. The van der Waals surface area contributed by atoms with Gasteiger partial charge in [0.1, 0.15) is 0 Å². The number of nitrogens with zero attached hydrogens (tertiary/aromatic N) is 3. The van der Waals surface area contributed by atoms with Crippen LogP contribution in [0.4, 0.5) is 0 Å². The Morgan fingerprint density at radius 1 is 0.622 bits per heavy atom. The van der Waals surface area contributed by atoms with E-state index in [2.05, 4.69) is 17.0 Å². The van der Waals surface area contributed by atoms with Crippen LogP contribution in [0.5, 0.6) is 0 Å². The summed E-state index contributed by atoms with van der Waals surface area (Å²) in [6.45, 7) is 1.80. The minimum absolute atomic E-state index is 0.248. The number of hydrogen-bond donors (Lipinski definition) is 1. The number of pyridine rings is 2. The lowest BCUT2D eigenvalue weighted by atomic mass is 10.00. The van der Waals surface area contributed by atoms with Crippen molar-refractivity contribution in [3.8, 4) is 11.3 Å². The Balaban J connectivity index is 1.42. The summed E-state index contributed by atoms with van der Waals surface area (Å²) in [4.78, 5) is 35.4. The average molecular weight is 488 g/mol. The Bertz CT molecular complexity index is 1490. The third-order valence-electron chi connectivity index (χ3n) is 6.07. The molecule has 0 spiro atoms. The molecule has 0 fully saturated rings. The fourth-order valence-electron chi connectivity index (χ4n) is 4.28. The summed E-state index contributed by atoms with van der Waals surface area (Å²) in [5.74, 6) is -2.23. The fraction of sp³-hybridized carbons (Fsp3) is 0.0968. The van der Waals surface area contributed by atoms with Crippen LogP contribution < -0.4 is 0 Å². The van der Waals surface area contributed by atoms with Gasteiger partial charge in [0.05, 0.1) is 22.8 Å². The van der Waals surface area contributed by atoms with Gasteiger partial charge in [-0.2, -0.15) is 0 Å². The molecule has 0 aliphatic heterocycles. The number of hydrogen-bond acceptors (Lipinski definition) is 6. The van der Waals surface area contributed by atoms with Crippen molar-refractivity contribution in [1.82, 2.24) is 14.9 Å². The van der Waals surface area contributed by atoms with Crippen LogP contribution in [0.3, 0.4) is 0 Å². The maximum atomic E-state index is 12.0. The molecular weight excluding hydrogens is 462 g/mol. The van der Waals surface area contributed by atoms with Crippen molar-refractivity contribution in [1.29, 1.82) is 0 Å². The Kier molecular flexibility index (Phi) is 7.10. The van der Waals surface area contributed by atoms with Crippen molar-refractivity contribution < 1.29 is 14.7 Å². The molecule has 1 aliphatic rings. The molecule has 182 valence electrons. The van der Waals surface area contributed by atoms with Crippen molar-refractivity contribution in [3.63, 3.8) is 0 Å². The van der Waals surface area contributed by atoms with E-state index >= 15 is 0 Å². The first-order chi connectivity index (χ1) is 18.1. The number of aliphatic hydroxyl groups is 1. The molecule has 1 N–H and O–H groups in total. The minimum Gasteiger partial charge on any atom is -0.504 e. The van der Waals surface area contributed by atoms with Crippen molar-refractivity contribution in [2.24, 2.45) is 0 Å². The normalized spacial score (nSPS) is 13.4. The quantitative estimate of drug-likeness (QED) is 0.267. The van der Waals surface area contributed by atoms with E-state index in [0.717, 1.165) is 28.2 Å². The lowest BCUT2D eigenvalue weighted by Crippen LogP contribution is -2.24. The van der Waals surface area contributed by atoms with Gasteiger partial charge in [0.2, 0.25) is 5.78 Å². The molecule has 37 heavy (non-hydrogen) atoms. The summed E-state index contributed by atoms with van der Waals surface area (Å²) >= 11 is 0. The maximum Gasteiger partial charge on any atom is 0.267 e. The zero-order chi connectivity index (χ0) is 25.6. The van der Waals surface area contributed by atoms with Gasteiger partial charge in [0.15, 0.2) is 5.76 Å². The van der Waals surface area contributed by atoms with Gasteiger partial charge in [0.25, 0.3) is 5.78 Å². The molecule has 4 aromatic rings. The molecule has 2 heterocycles. The lowest BCUT2D eigenvalue weighted by Gasteiger charge is -2.22. The average Bonchev–Trinajstić information content (AvgIpc) is 2.93. The molecule has 0 radical (unpaired) electrons. The number of aliphatic hydroxyl groups excluding tert-OH is 1. The second-order valence-corrected chi connectivity index (χ2v) is 8.81. The minimum atomic E-state index is -0.917. The van der Waals surface area contributed by atoms with Crippen molar-refractivity contribution in [3.05, 3.63) is 138 Å². The predicted molar refractivity (Wildman–Crippen MR) is 142 cm³/mol. The molecular formula is C31H25N3O3. The molecule has 0 saturated heterocycles. The largest absolute Gasteiger partial charge is 0.504 e. The summed E-state index contributed by atoms with van der Waals surface area (Å²) in [5, 5.41) is 10.2. The van der Waals surface area contributed by atoms with Crippen LogP contribution >= 0.6 is 0 Å². The Morgan fingerprint density at radius 2 is 1.22 bits per heavy atom. The second-order valence-electron chi connectivity index (χ2n) is 8.81. The van der Waals surface area contributed by atoms with E-state index in [-0.39, 0.29) is 5.57 Å². The van der Waals surface area contributed by atoms with E-state index in [1.54, 1.807) is 6.07 Å². The zero-order valence-corrected chi connectivity index (χ0v) is 20.1. The molecule has 6 nitrogen and oxygen atoms in total. The molecule has 2 aromatic heterocycles. The van der Waals surface area contributed by atoms with Crippen LogP contribution in [-0.4, -0.2) is 31.5 Å². The molecule has 0 amide bonds. The number of rotatable bonds is 8. The van der Waals surface area contributed by atoms with E-state index in [9.17, 15) is 14.7 Å². The summed E-state index contributed by atoms with van der Waals surface area (Å²) in [6.07, 6.45) is 2.60. The lowest BCUT2D eigenvalue weighted by molar-refractivity contribution is -0.133. The van der Waals surface area contributed by atoms with Crippen LogP contribution in [0.25, 0.3) is 16.8 Å². The summed E-state index contributed by atoms with van der Waals surface area (Å²) < 4.78 is 0. The smallest absolute Gasteiger partial charge is 0.267 e. The van der Waals surface area contributed by atoms with Gasteiger partial charge in [-0.3, -0.25) is 24.5 Å². The van der Waals surface area contributed by atoms with Gasteiger partial charge in [0, 0.05) is 30.8 Å². The third-order valence-corrected chi connectivity index (χ3v) is 6.07. The van der Waals surface area contributed by atoms with Gasteiger partial charge in [-0.05, 0) is 42.0 Å². The summed E-state index contributed by atoms with van der Waals surface area (Å²) in [5.41, 5.74) is 5.55. The number of Topliss-reactive ketones (excluding diaryl/α,β-unsaturated/α-hetero) is 1. The molecule has 2 aromatic carbocycles. The molecule has 0 atom stereocenters. The zero-order valence-electron chi connectivity index (χ0n) is 20.1. The number of allylic oxidation sites excluding steroid dienone is 4. The Morgan fingerprint density at radius 3 is 1.89 bits per heavy atom. The number of carbonyl (C=O) groups is 2.